The molecule has 6 nitrogen and oxygen atoms in total. The SMILES string of the molecule is C=C(Nc1cncc(/C(C)=C/C=c2/[nH]nc(-c3nc4c(-c5cccc(F)c5)cccc4[nH]3)c2=C)c1)C(C)(C)C. The summed E-state index contributed by atoms with van der Waals surface area (Å²) >= 11 is 0. The van der Waals surface area contributed by atoms with Crippen molar-refractivity contribution in [3.05, 3.63) is 101 Å². The van der Waals surface area contributed by atoms with Crippen LogP contribution >= 0.6 is 0 Å². The highest BCUT2D eigenvalue weighted by molar-refractivity contribution is 5.93. The standard InChI is InChI=1S/C32H31FN6/c1-19(23-16-25(18-34-17-23)35-21(3)32(4,5)6)13-14-27-20(2)29(39-38-27)31-36-28-12-8-11-26(30(28)37-31)22-9-7-10-24(33)15-22/h7-18,35,38H,2-3H2,1,4-6H3,(H,36,37)/b19-13+,27-14+. The van der Waals surface area contributed by atoms with Crippen molar-refractivity contribution in [2.45, 2.75) is 27.7 Å². The minimum atomic E-state index is -0.287. The highest BCUT2D eigenvalue weighted by atomic mass is 19.1. The van der Waals surface area contributed by atoms with E-state index in [9.17, 15) is 4.39 Å². The summed E-state index contributed by atoms with van der Waals surface area (Å²) in [7, 11) is 0. The van der Waals surface area contributed by atoms with E-state index in [2.05, 4.69) is 65.5 Å². The van der Waals surface area contributed by atoms with Gasteiger partial charge in [-0.3, -0.25) is 10.1 Å². The van der Waals surface area contributed by atoms with Crippen LogP contribution in [-0.4, -0.2) is 25.1 Å². The van der Waals surface area contributed by atoms with E-state index >= 15 is 0 Å². The van der Waals surface area contributed by atoms with Gasteiger partial charge in [0.25, 0.3) is 0 Å². The molecule has 0 radical (unpaired) electrons. The fourth-order valence-electron chi connectivity index (χ4n) is 4.14. The van der Waals surface area contributed by atoms with Crippen molar-refractivity contribution in [1.82, 2.24) is 25.1 Å². The van der Waals surface area contributed by atoms with Crippen LogP contribution in [0.15, 0.2) is 79.3 Å². The molecule has 3 N–H and O–H groups in total. The fourth-order valence-corrected chi connectivity index (χ4v) is 4.14. The maximum absolute atomic E-state index is 13.9. The molecular weight excluding hydrogens is 487 g/mol. The molecule has 0 bridgehead atoms. The third-order valence-electron chi connectivity index (χ3n) is 6.67. The Labute approximate surface area is 226 Å². The van der Waals surface area contributed by atoms with E-state index < -0.39 is 0 Å². The van der Waals surface area contributed by atoms with E-state index in [-0.39, 0.29) is 11.2 Å². The predicted octanol–water partition coefficient (Wildman–Crippen LogP) is 6.42. The smallest absolute Gasteiger partial charge is 0.159 e. The number of halogens is 1. The van der Waals surface area contributed by atoms with E-state index in [0.717, 1.165) is 55.2 Å². The first-order valence-corrected chi connectivity index (χ1v) is 12.7. The normalized spacial score (nSPS) is 12.7. The number of aromatic nitrogens is 5. The molecule has 0 saturated heterocycles. The molecule has 0 spiro atoms. The number of anilines is 1. The van der Waals surface area contributed by atoms with E-state index in [1.807, 2.05) is 49.5 Å². The molecule has 5 aromatic rings. The average molecular weight is 519 g/mol. The van der Waals surface area contributed by atoms with Gasteiger partial charge in [-0.25, -0.2) is 9.37 Å². The average Bonchev–Trinajstić information content (AvgIpc) is 3.49. The molecule has 0 fully saturated rings. The van der Waals surface area contributed by atoms with Gasteiger partial charge in [0.05, 0.1) is 28.3 Å². The lowest BCUT2D eigenvalue weighted by Crippen LogP contribution is -2.21. The number of nitrogens with zero attached hydrogens (tertiary/aromatic N) is 3. The van der Waals surface area contributed by atoms with Crippen molar-refractivity contribution in [3.63, 3.8) is 0 Å². The quantitative estimate of drug-likeness (QED) is 0.242. The first-order chi connectivity index (χ1) is 18.6. The summed E-state index contributed by atoms with van der Waals surface area (Å²) in [5.74, 6) is 0.308. The van der Waals surface area contributed by atoms with Gasteiger partial charge in [0, 0.05) is 28.1 Å². The fraction of sp³-hybridized carbons (Fsp3) is 0.156. The van der Waals surface area contributed by atoms with E-state index in [0.29, 0.717) is 11.5 Å². The Bertz CT molecular complexity index is 1830. The molecule has 7 heteroatoms. The summed E-state index contributed by atoms with van der Waals surface area (Å²) in [6.07, 6.45) is 7.58. The summed E-state index contributed by atoms with van der Waals surface area (Å²) in [4.78, 5) is 12.5. The minimum Gasteiger partial charge on any atom is -0.358 e. The highest BCUT2D eigenvalue weighted by Gasteiger charge is 2.15. The molecular formula is C32H31FN6. The van der Waals surface area contributed by atoms with Gasteiger partial charge in [-0.2, -0.15) is 5.10 Å². The summed E-state index contributed by atoms with van der Waals surface area (Å²) < 4.78 is 13.9. The van der Waals surface area contributed by atoms with Crippen LogP contribution in [0.4, 0.5) is 10.1 Å². The number of nitrogens with one attached hydrogen (secondary N) is 3. The zero-order chi connectivity index (χ0) is 27.7. The van der Waals surface area contributed by atoms with Crippen molar-refractivity contribution in [2.24, 2.45) is 5.41 Å². The van der Waals surface area contributed by atoms with Gasteiger partial charge in [-0.05, 0) is 54.0 Å². The second-order valence-corrected chi connectivity index (χ2v) is 10.6. The third-order valence-corrected chi connectivity index (χ3v) is 6.67. The number of para-hydroxylation sites is 1. The lowest BCUT2D eigenvalue weighted by molar-refractivity contribution is 0.509. The molecule has 3 heterocycles. The Hall–Kier alpha value is -4.78. The van der Waals surface area contributed by atoms with Crippen LogP contribution in [0, 0.1) is 11.2 Å². The van der Waals surface area contributed by atoms with Gasteiger partial charge in [0.2, 0.25) is 0 Å². The summed E-state index contributed by atoms with van der Waals surface area (Å²) in [6, 6.07) is 14.4. The molecule has 0 aliphatic carbocycles. The van der Waals surface area contributed by atoms with Crippen LogP contribution in [0.25, 0.3) is 51.9 Å². The van der Waals surface area contributed by atoms with Gasteiger partial charge in [0.15, 0.2) is 5.82 Å². The number of imidazole rings is 1. The Morgan fingerprint density at radius 2 is 1.87 bits per heavy atom. The highest BCUT2D eigenvalue weighted by Crippen LogP contribution is 2.29. The number of hydrogen-bond acceptors (Lipinski definition) is 4. The van der Waals surface area contributed by atoms with Crippen LogP contribution in [0.1, 0.15) is 33.3 Å². The van der Waals surface area contributed by atoms with Crippen LogP contribution in [0.2, 0.25) is 0 Å². The molecule has 0 unspecified atom stereocenters. The first-order valence-electron chi connectivity index (χ1n) is 12.7. The maximum Gasteiger partial charge on any atom is 0.159 e. The Balaban J connectivity index is 1.44. The van der Waals surface area contributed by atoms with Gasteiger partial charge in [-0.15, -0.1) is 0 Å². The van der Waals surface area contributed by atoms with E-state index in [1.165, 1.54) is 12.1 Å². The topological polar surface area (TPSA) is 82.3 Å². The second kappa shape index (κ2) is 10.2. The number of benzene rings is 2. The van der Waals surface area contributed by atoms with Crippen molar-refractivity contribution in [1.29, 1.82) is 0 Å². The molecule has 2 aromatic carbocycles. The van der Waals surface area contributed by atoms with Gasteiger partial charge >= 0.3 is 0 Å². The number of pyridine rings is 1. The van der Waals surface area contributed by atoms with Gasteiger partial charge in [0.1, 0.15) is 11.5 Å². The monoisotopic (exact) mass is 518 g/mol. The summed E-state index contributed by atoms with van der Waals surface area (Å²) in [6.45, 7) is 16.8. The number of hydrogen-bond donors (Lipinski definition) is 3. The van der Waals surface area contributed by atoms with Crippen molar-refractivity contribution in [2.75, 3.05) is 5.32 Å². The molecule has 0 aliphatic rings. The molecule has 39 heavy (non-hydrogen) atoms. The van der Waals surface area contributed by atoms with Crippen molar-refractivity contribution >= 4 is 34.9 Å². The van der Waals surface area contributed by atoms with E-state index in [4.69, 9.17) is 4.98 Å². The first kappa shape index (κ1) is 25.9. The zero-order valence-corrected chi connectivity index (χ0v) is 22.6. The van der Waals surface area contributed by atoms with Crippen LogP contribution < -0.4 is 15.9 Å². The molecule has 3 aromatic heterocycles. The minimum absolute atomic E-state index is 0.0571. The molecule has 0 aliphatic heterocycles. The maximum atomic E-state index is 13.9. The number of rotatable bonds is 6. The van der Waals surface area contributed by atoms with E-state index in [1.54, 1.807) is 12.3 Å². The van der Waals surface area contributed by atoms with Gasteiger partial charge < -0.3 is 10.3 Å². The van der Waals surface area contributed by atoms with Crippen LogP contribution in [0.3, 0.4) is 0 Å². The van der Waals surface area contributed by atoms with Crippen LogP contribution in [-0.2, 0) is 0 Å². The molecule has 0 amide bonds. The number of H-pyrrole nitrogens is 2. The zero-order valence-electron chi connectivity index (χ0n) is 22.6. The lowest BCUT2D eigenvalue weighted by atomic mass is 9.93. The van der Waals surface area contributed by atoms with Gasteiger partial charge in [-0.1, -0.05) is 64.3 Å². The molecule has 196 valence electrons. The summed E-state index contributed by atoms with van der Waals surface area (Å²) in [5, 5.41) is 12.4. The Morgan fingerprint density at radius 1 is 1.08 bits per heavy atom. The lowest BCUT2D eigenvalue weighted by Gasteiger charge is -2.23. The van der Waals surface area contributed by atoms with Crippen molar-refractivity contribution in [3.8, 4) is 22.6 Å². The van der Waals surface area contributed by atoms with Crippen LogP contribution in [0.5, 0.6) is 0 Å². The second-order valence-electron chi connectivity index (χ2n) is 10.6. The Morgan fingerprint density at radius 3 is 2.64 bits per heavy atom. The largest absolute Gasteiger partial charge is 0.358 e. The summed E-state index contributed by atoms with van der Waals surface area (Å²) in [5.41, 5.74) is 7.61. The number of fused-ring (bicyclic) bond motifs is 1. The molecule has 5 rings (SSSR count). The van der Waals surface area contributed by atoms with Crippen molar-refractivity contribution < 1.29 is 4.39 Å². The Kier molecular flexibility index (Phi) is 6.74. The molecule has 0 saturated carbocycles. The number of aromatic amines is 2. The molecule has 0 atom stereocenters. The predicted molar refractivity (Wildman–Crippen MR) is 158 cm³/mol. The third kappa shape index (κ3) is 5.43. The number of allylic oxidation sites excluding steroid dienone is 3.